The van der Waals surface area contributed by atoms with Crippen LogP contribution < -0.4 is 5.32 Å². The van der Waals surface area contributed by atoms with E-state index in [1.807, 2.05) is 43.3 Å². The van der Waals surface area contributed by atoms with Gasteiger partial charge in [-0.2, -0.15) is 11.8 Å². The van der Waals surface area contributed by atoms with Crippen molar-refractivity contribution in [3.8, 4) is 0 Å². The van der Waals surface area contributed by atoms with Crippen molar-refractivity contribution >= 4 is 34.3 Å². The number of para-hydroxylation sites is 2. The average Bonchev–Trinajstić information content (AvgIpc) is 2.99. The smallest absolute Gasteiger partial charge is 0.259 e. The fourth-order valence-corrected chi connectivity index (χ4v) is 3.06. The topological polar surface area (TPSA) is 42.2 Å². The van der Waals surface area contributed by atoms with Crippen molar-refractivity contribution in [1.82, 2.24) is 0 Å². The zero-order valence-corrected chi connectivity index (χ0v) is 14.1. The van der Waals surface area contributed by atoms with E-state index in [4.69, 9.17) is 4.42 Å². The van der Waals surface area contributed by atoms with Crippen molar-refractivity contribution in [3.05, 3.63) is 65.4 Å². The summed E-state index contributed by atoms with van der Waals surface area (Å²) in [5.74, 6) is 0.895. The lowest BCUT2D eigenvalue weighted by atomic mass is 10.1. The van der Waals surface area contributed by atoms with E-state index in [0.29, 0.717) is 5.56 Å². The van der Waals surface area contributed by atoms with Crippen LogP contribution in [0.3, 0.4) is 0 Å². The van der Waals surface area contributed by atoms with Gasteiger partial charge in [-0.05, 0) is 42.5 Å². The third-order valence-electron chi connectivity index (χ3n) is 3.88. The first kappa shape index (κ1) is 15.7. The number of carbonyl (C=O) groups is 1. The van der Waals surface area contributed by atoms with E-state index < -0.39 is 0 Å². The number of aryl methyl sites for hydroxylation is 2. The van der Waals surface area contributed by atoms with Gasteiger partial charge in [0, 0.05) is 11.1 Å². The normalized spacial score (nSPS) is 10.9. The molecular formula is C19H19NO2S. The van der Waals surface area contributed by atoms with Gasteiger partial charge in [-0.25, -0.2) is 0 Å². The molecule has 23 heavy (non-hydrogen) atoms. The summed E-state index contributed by atoms with van der Waals surface area (Å²) in [6, 6.07) is 13.8. The molecule has 0 atom stereocenters. The summed E-state index contributed by atoms with van der Waals surface area (Å²) in [5, 5.41) is 3.88. The molecule has 3 nitrogen and oxygen atoms in total. The fraction of sp³-hybridized carbons (Fsp3) is 0.211. The number of amides is 1. The molecular weight excluding hydrogens is 306 g/mol. The number of hydrogen-bond acceptors (Lipinski definition) is 3. The minimum absolute atomic E-state index is 0.133. The average molecular weight is 325 g/mol. The van der Waals surface area contributed by atoms with Crippen molar-refractivity contribution in [2.45, 2.75) is 13.3 Å². The Morgan fingerprint density at radius 2 is 2.00 bits per heavy atom. The van der Waals surface area contributed by atoms with E-state index in [-0.39, 0.29) is 5.91 Å². The molecule has 0 aliphatic heterocycles. The second-order valence-electron chi connectivity index (χ2n) is 5.46. The molecule has 0 aliphatic rings. The Morgan fingerprint density at radius 1 is 1.17 bits per heavy atom. The number of nitrogens with one attached hydrogen (secondary N) is 1. The molecule has 0 unspecified atom stereocenters. The molecule has 0 bridgehead atoms. The number of furan rings is 1. The summed E-state index contributed by atoms with van der Waals surface area (Å²) in [4.78, 5) is 12.7. The van der Waals surface area contributed by atoms with Crippen LogP contribution in [0.2, 0.25) is 0 Å². The molecule has 1 heterocycles. The van der Waals surface area contributed by atoms with Crippen LogP contribution in [0.15, 0.2) is 53.1 Å². The molecule has 3 aromatic rings. The van der Waals surface area contributed by atoms with Crippen molar-refractivity contribution in [2.24, 2.45) is 0 Å². The lowest BCUT2D eigenvalue weighted by Crippen LogP contribution is -2.13. The Hall–Kier alpha value is -2.20. The van der Waals surface area contributed by atoms with Crippen molar-refractivity contribution in [2.75, 3.05) is 17.3 Å². The third-order valence-corrected chi connectivity index (χ3v) is 4.49. The highest BCUT2D eigenvalue weighted by atomic mass is 32.2. The molecule has 0 radical (unpaired) electrons. The summed E-state index contributed by atoms with van der Waals surface area (Å²) < 4.78 is 5.57. The summed E-state index contributed by atoms with van der Waals surface area (Å²) in [5.41, 5.74) is 4.39. The van der Waals surface area contributed by atoms with Gasteiger partial charge in [0.15, 0.2) is 0 Å². The van der Waals surface area contributed by atoms with Crippen LogP contribution in [0.5, 0.6) is 0 Å². The highest BCUT2D eigenvalue weighted by molar-refractivity contribution is 7.98. The maximum absolute atomic E-state index is 12.7. The predicted octanol–water partition coefficient (Wildman–Crippen LogP) is 4.90. The number of thioether (sulfide) groups is 1. The largest absolute Gasteiger partial charge is 0.463 e. The van der Waals surface area contributed by atoms with Gasteiger partial charge >= 0.3 is 0 Å². The summed E-state index contributed by atoms with van der Waals surface area (Å²) in [6.45, 7) is 1.98. The minimum Gasteiger partial charge on any atom is -0.463 e. The van der Waals surface area contributed by atoms with E-state index in [2.05, 4.69) is 17.6 Å². The van der Waals surface area contributed by atoms with Crippen molar-refractivity contribution in [1.29, 1.82) is 0 Å². The van der Waals surface area contributed by atoms with Gasteiger partial charge in [-0.3, -0.25) is 4.79 Å². The Bertz CT molecular complexity index is 838. The Labute approximate surface area is 140 Å². The molecule has 4 heteroatoms. The van der Waals surface area contributed by atoms with Crippen LogP contribution in [0.4, 0.5) is 5.69 Å². The first-order valence-corrected chi connectivity index (χ1v) is 8.95. The van der Waals surface area contributed by atoms with E-state index >= 15 is 0 Å². The first-order valence-electron chi connectivity index (χ1n) is 7.55. The lowest BCUT2D eigenvalue weighted by Gasteiger charge is -2.10. The molecule has 0 spiro atoms. The van der Waals surface area contributed by atoms with Crippen LogP contribution in [0.1, 0.15) is 21.5 Å². The van der Waals surface area contributed by atoms with Crippen LogP contribution in [-0.4, -0.2) is 17.9 Å². The van der Waals surface area contributed by atoms with E-state index in [9.17, 15) is 4.79 Å². The van der Waals surface area contributed by atoms with E-state index in [1.165, 1.54) is 6.26 Å². The van der Waals surface area contributed by atoms with Gasteiger partial charge in [0.25, 0.3) is 5.91 Å². The zero-order valence-electron chi connectivity index (χ0n) is 13.3. The number of hydrogen-bond donors (Lipinski definition) is 1. The highest BCUT2D eigenvalue weighted by Crippen LogP contribution is 2.25. The Morgan fingerprint density at radius 3 is 2.83 bits per heavy atom. The molecule has 1 N–H and O–H groups in total. The van der Waals surface area contributed by atoms with Gasteiger partial charge < -0.3 is 9.73 Å². The maximum atomic E-state index is 12.7. The van der Waals surface area contributed by atoms with Gasteiger partial charge in [-0.15, -0.1) is 0 Å². The molecule has 2 aromatic carbocycles. The number of rotatable bonds is 5. The number of carbonyl (C=O) groups excluding carboxylic acids is 1. The van der Waals surface area contributed by atoms with Crippen LogP contribution in [0.25, 0.3) is 11.0 Å². The lowest BCUT2D eigenvalue weighted by molar-refractivity contribution is 0.102. The molecule has 1 aromatic heterocycles. The van der Waals surface area contributed by atoms with Gasteiger partial charge in [0.05, 0.1) is 5.56 Å². The van der Waals surface area contributed by atoms with Crippen molar-refractivity contribution in [3.63, 3.8) is 0 Å². The highest BCUT2D eigenvalue weighted by Gasteiger charge is 2.15. The van der Waals surface area contributed by atoms with Crippen LogP contribution in [0, 0.1) is 6.92 Å². The molecule has 3 rings (SSSR count). The maximum Gasteiger partial charge on any atom is 0.259 e. The Balaban J connectivity index is 1.88. The summed E-state index contributed by atoms with van der Waals surface area (Å²) in [6.07, 6.45) is 4.56. The summed E-state index contributed by atoms with van der Waals surface area (Å²) in [7, 11) is 0. The number of benzene rings is 2. The standard InChI is InChI=1S/C19H19NO2S/c1-13-6-5-8-15-16(12-22-18(13)15)19(21)20-17-9-4-3-7-14(17)10-11-23-2/h3-9,12H,10-11H2,1-2H3,(H,20,21). The second-order valence-corrected chi connectivity index (χ2v) is 6.44. The zero-order chi connectivity index (χ0) is 16.2. The SMILES string of the molecule is CSCCc1ccccc1NC(=O)c1coc2c(C)cccc12. The van der Waals surface area contributed by atoms with Crippen LogP contribution >= 0.6 is 11.8 Å². The number of anilines is 1. The Kier molecular flexibility index (Phi) is 4.72. The predicted molar refractivity (Wildman–Crippen MR) is 97.4 cm³/mol. The van der Waals surface area contributed by atoms with Crippen molar-refractivity contribution < 1.29 is 9.21 Å². The van der Waals surface area contributed by atoms with Gasteiger partial charge in [-0.1, -0.05) is 36.4 Å². The number of fused-ring (bicyclic) bond motifs is 1. The summed E-state index contributed by atoms with van der Waals surface area (Å²) >= 11 is 1.80. The van der Waals surface area contributed by atoms with E-state index in [1.54, 1.807) is 11.8 Å². The molecule has 1 amide bonds. The quantitative estimate of drug-likeness (QED) is 0.725. The molecule has 0 fully saturated rings. The molecule has 0 saturated heterocycles. The third kappa shape index (κ3) is 3.27. The minimum atomic E-state index is -0.133. The molecule has 118 valence electrons. The van der Waals surface area contributed by atoms with Gasteiger partial charge in [0.2, 0.25) is 0 Å². The second kappa shape index (κ2) is 6.92. The van der Waals surface area contributed by atoms with E-state index in [0.717, 1.165) is 40.0 Å². The van der Waals surface area contributed by atoms with Gasteiger partial charge in [0.1, 0.15) is 11.8 Å². The van der Waals surface area contributed by atoms with Crippen LogP contribution in [-0.2, 0) is 6.42 Å². The first-order chi connectivity index (χ1) is 11.2. The molecule has 0 saturated carbocycles. The monoisotopic (exact) mass is 325 g/mol. The fourth-order valence-electron chi connectivity index (χ4n) is 2.64. The molecule has 0 aliphatic carbocycles.